The summed E-state index contributed by atoms with van der Waals surface area (Å²) in [6.07, 6.45) is 3.51. The molecule has 1 saturated heterocycles. The second-order valence-electron chi connectivity index (χ2n) is 3.74. The summed E-state index contributed by atoms with van der Waals surface area (Å²) in [6.45, 7) is 2.26. The van der Waals surface area contributed by atoms with Crippen molar-refractivity contribution in [2.24, 2.45) is 5.92 Å². The van der Waals surface area contributed by atoms with Gasteiger partial charge >= 0.3 is 0 Å². The highest BCUT2D eigenvalue weighted by molar-refractivity contribution is 6.29. The average Bonchev–Trinajstić information content (AvgIpc) is 2.23. The zero-order valence-electron chi connectivity index (χ0n) is 8.86. The summed E-state index contributed by atoms with van der Waals surface area (Å²) < 4.78 is 0. The third kappa shape index (κ3) is 4.83. The number of hydrogen-bond donors (Lipinski definition) is 1. The van der Waals surface area contributed by atoms with Gasteiger partial charge in [0.2, 0.25) is 0 Å². The van der Waals surface area contributed by atoms with Crippen LogP contribution in [-0.2, 0) is 6.42 Å². The van der Waals surface area contributed by atoms with E-state index in [-0.39, 0.29) is 24.8 Å². The third-order valence-corrected chi connectivity index (χ3v) is 2.85. The van der Waals surface area contributed by atoms with Crippen LogP contribution in [0.4, 0.5) is 0 Å². The fourth-order valence-corrected chi connectivity index (χ4v) is 1.93. The van der Waals surface area contributed by atoms with E-state index in [1.165, 1.54) is 12.8 Å². The standard InChI is InChI=1S/C10H14ClN3.2ClH/c11-10-2-1-9(13-14-10)7-8-3-5-12-6-4-8;;/h1-2,8,12H,3-7H2;2*1H. The minimum atomic E-state index is 0. The van der Waals surface area contributed by atoms with Gasteiger partial charge in [0, 0.05) is 0 Å². The lowest BCUT2D eigenvalue weighted by Gasteiger charge is -2.21. The van der Waals surface area contributed by atoms with Crippen molar-refractivity contribution >= 4 is 36.4 Å². The molecule has 2 heterocycles. The largest absolute Gasteiger partial charge is 0.317 e. The quantitative estimate of drug-likeness (QED) is 0.907. The predicted molar refractivity (Wildman–Crippen MR) is 70.8 cm³/mol. The number of piperidine rings is 1. The van der Waals surface area contributed by atoms with E-state index >= 15 is 0 Å². The highest BCUT2D eigenvalue weighted by Gasteiger charge is 2.14. The second kappa shape index (κ2) is 8.07. The average molecular weight is 285 g/mol. The first kappa shape index (κ1) is 15.9. The van der Waals surface area contributed by atoms with E-state index in [1.807, 2.05) is 12.1 Å². The summed E-state index contributed by atoms with van der Waals surface area (Å²) in [5.74, 6) is 0.756. The molecule has 0 radical (unpaired) electrons. The highest BCUT2D eigenvalue weighted by atomic mass is 35.5. The first-order chi connectivity index (χ1) is 6.84. The maximum Gasteiger partial charge on any atom is 0.151 e. The van der Waals surface area contributed by atoms with E-state index in [0.29, 0.717) is 5.15 Å². The number of hydrogen-bond acceptors (Lipinski definition) is 3. The van der Waals surface area contributed by atoms with Gasteiger partial charge in [-0.05, 0) is 50.4 Å². The van der Waals surface area contributed by atoms with E-state index < -0.39 is 0 Å². The van der Waals surface area contributed by atoms with E-state index in [1.54, 1.807) is 0 Å². The highest BCUT2D eigenvalue weighted by Crippen LogP contribution is 2.16. The molecule has 0 aromatic carbocycles. The number of nitrogens with one attached hydrogen (secondary N) is 1. The molecular weight excluding hydrogens is 268 g/mol. The molecule has 0 amide bonds. The Bertz CT molecular complexity index is 286. The summed E-state index contributed by atoms with van der Waals surface area (Å²) in [5, 5.41) is 11.7. The molecule has 0 saturated carbocycles. The molecule has 0 atom stereocenters. The van der Waals surface area contributed by atoms with E-state index in [4.69, 9.17) is 11.6 Å². The predicted octanol–water partition coefficient (Wildman–Crippen LogP) is 2.52. The summed E-state index contributed by atoms with van der Waals surface area (Å²) in [7, 11) is 0. The Kier molecular flexibility index (Phi) is 8.02. The summed E-state index contributed by atoms with van der Waals surface area (Å²) in [4.78, 5) is 0. The van der Waals surface area contributed by atoms with Gasteiger partial charge in [-0.3, -0.25) is 0 Å². The molecule has 1 aliphatic heterocycles. The zero-order chi connectivity index (χ0) is 9.80. The first-order valence-electron chi connectivity index (χ1n) is 5.03. The monoisotopic (exact) mass is 283 g/mol. The van der Waals surface area contributed by atoms with Crippen LogP contribution in [0.5, 0.6) is 0 Å². The van der Waals surface area contributed by atoms with Crippen molar-refractivity contribution in [3.05, 3.63) is 23.0 Å². The number of rotatable bonds is 2. The fourth-order valence-electron chi connectivity index (χ4n) is 1.83. The van der Waals surface area contributed by atoms with Gasteiger partial charge in [-0.2, -0.15) is 5.10 Å². The van der Waals surface area contributed by atoms with Gasteiger partial charge in [0.05, 0.1) is 5.69 Å². The maximum atomic E-state index is 5.67. The lowest BCUT2D eigenvalue weighted by molar-refractivity contribution is 0.369. The molecule has 1 N–H and O–H groups in total. The molecule has 1 aliphatic rings. The fraction of sp³-hybridized carbons (Fsp3) is 0.600. The molecule has 1 aromatic rings. The summed E-state index contributed by atoms with van der Waals surface area (Å²) in [6, 6.07) is 3.78. The minimum absolute atomic E-state index is 0. The molecule has 1 fully saturated rings. The normalized spacial score (nSPS) is 16.1. The number of aromatic nitrogens is 2. The van der Waals surface area contributed by atoms with Gasteiger partial charge < -0.3 is 5.32 Å². The molecule has 16 heavy (non-hydrogen) atoms. The van der Waals surface area contributed by atoms with Gasteiger partial charge in [-0.25, -0.2) is 0 Å². The molecule has 0 spiro atoms. The second-order valence-corrected chi connectivity index (χ2v) is 4.13. The van der Waals surface area contributed by atoms with Gasteiger partial charge in [0.25, 0.3) is 0 Å². The maximum absolute atomic E-state index is 5.67. The van der Waals surface area contributed by atoms with Crippen LogP contribution in [0.15, 0.2) is 12.1 Å². The third-order valence-electron chi connectivity index (χ3n) is 2.64. The molecule has 0 aliphatic carbocycles. The van der Waals surface area contributed by atoms with Gasteiger partial charge in [0.15, 0.2) is 5.15 Å². The van der Waals surface area contributed by atoms with Crippen LogP contribution in [0, 0.1) is 5.92 Å². The number of halogens is 3. The van der Waals surface area contributed by atoms with Gasteiger partial charge in [-0.15, -0.1) is 29.9 Å². The van der Waals surface area contributed by atoms with Crippen molar-refractivity contribution in [1.29, 1.82) is 0 Å². The van der Waals surface area contributed by atoms with Crippen LogP contribution >= 0.6 is 36.4 Å². The molecule has 0 bridgehead atoms. The molecule has 1 aromatic heterocycles. The minimum Gasteiger partial charge on any atom is -0.317 e. The molecular formula is C10H16Cl3N3. The van der Waals surface area contributed by atoms with Crippen molar-refractivity contribution in [3.63, 3.8) is 0 Å². The summed E-state index contributed by atoms with van der Waals surface area (Å²) in [5.41, 5.74) is 1.06. The van der Waals surface area contributed by atoms with Crippen LogP contribution in [-0.4, -0.2) is 23.3 Å². The van der Waals surface area contributed by atoms with Crippen LogP contribution in [0.25, 0.3) is 0 Å². The van der Waals surface area contributed by atoms with Crippen LogP contribution in [0.3, 0.4) is 0 Å². The summed E-state index contributed by atoms with van der Waals surface area (Å²) >= 11 is 5.67. The van der Waals surface area contributed by atoms with Gasteiger partial charge in [0.1, 0.15) is 0 Å². The van der Waals surface area contributed by atoms with Crippen molar-refractivity contribution in [2.75, 3.05) is 13.1 Å². The van der Waals surface area contributed by atoms with E-state index in [2.05, 4.69) is 15.5 Å². The van der Waals surface area contributed by atoms with E-state index in [0.717, 1.165) is 31.1 Å². The lowest BCUT2D eigenvalue weighted by atomic mass is 9.93. The zero-order valence-corrected chi connectivity index (χ0v) is 11.2. The topological polar surface area (TPSA) is 37.8 Å². The number of nitrogens with zero attached hydrogens (tertiary/aromatic N) is 2. The van der Waals surface area contributed by atoms with Crippen LogP contribution in [0.2, 0.25) is 5.15 Å². The van der Waals surface area contributed by atoms with E-state index in [9.17, 15) is 0 Å². The smallest absolute Gasteiger partial charge is 0.151 e. The SMILES string of the molecule is Cl.Cl.Clc1ccc(CC2CCNCC2)nn1. The Labute approximate surface area is 113 Å². The Morgan fingerprint density at radius 1 is 1.19 bits per heavy atom. The van der Waals surface area contributed by atoms with Gasteiger partial charge in [-0.1, -0.05) is 11.6 Å². The van der Waals surface area contributed by atoms with Crippen LogP contribution < -0.4 is 5.32 Å². The van der Waals surface area contributed by atoms with Crippen molar-refractivity contribution in [2.45, 2.75) is 19.3 Å². The molecule has 6 heteroatoms. The Hall–Kier alpha value is -0.0900. The Morgan fingerprint density at radius 2 is 1.88 bits per heavy atom. The Balaban J connectivity index is 0.00000112. The lowest BCUT2D eigenvalue weighted by Crippen LogP contribution is -2.28. The molecule has 3 nitrogen and oxygen atoms in total. The molecule has 0 unspecified atom stereocenters. The van der Waals surface area contributed by atoms with Crippen molar-refractivity contribution in [3.8, 4) is 0 Å². The first-order valence-corrected chi connectivity index (χ1v) is 5.41. The molecule has 92 valence electrons. The molecule has 2 rings (SSSR count). The van der Waals surface area contributed by atoms with Crippen LogP contribution in [0.1, 0.15) is 18.5 Å². The van der Waals surface area contributed by atoms with Crippen molar-refractivity contribution < 1.29 is 0 Å². The van der Waals surface area contributed by atoms with Crippen molar-refractivity contribution in [1.82, 2.24) is 15.5 Å². The Morgan fingerprint density at radius 3 is 2.44 bits per heavy atom.